The Bertz CT molecular complexity index is 999. The van der Waals surface area contributed by atoms with Crippen LogP contribution in [0.25, 0.3) is 9.88 Å². The Morgan fingerprint density at radius 1 is 1.08 bits per heavy atom. The number of thiazole rings is 1. The van der Waals surface area contributed by atoms with Crippen LogP contribution in [0.15, 0.2) is 35.2 Å². The molecule has 5 nitrogen and oxygen atoms in total. The molecule has 1 N–H and O–H groups in total. The normalized spacial score (nSPS) is 11.7. The van der Waals surface area contributed by atoms with Gasteiger partial charge in [-0.1, -0.05) is 12.1 Å². The van der Waals surface area contributed by atoms with Gasteiger partial charge in [0.05, 0.1) is 22.6 Å². The topological polar surface area (TPSA) is 68.3 Å². The van der Waals surface area contributed by atoms with Crippen LogP contribution >= 0.6 is 22.7 Å². The Balaban J connectivity index is 1.80. The number of thiophene rings is 1. The lowest BCUT2D eigenvalue weighted by molar-refractivity contribution is 0.414. The number of nitrogens with one attached hydrogen (secondary N) is 1. The van der Waals surface area contributed by atoms with Gasteiger partial charge < -0.3 is 4.74 Å². The summed E-state index contributed by atoms with van der Waals surface area (Å²) >= 11 is 3.04. The second-order valence-electron chi connectivity index (χ2n) is 5.86. The summed E-state index contributed by atoms with van der Waals surface area (Å²) in [5, 5.41) is 0.865. The Labute approximate surface area is 161 Å². The van der Waals surface area contributed by atoms with Crippen molar-refractivity contribution >= 4 is 32.7 Å². The van der Waals surface area contributed by atoms with Gasteiger partial charge in [-0.15, -0.1) is 22.7 Å². The van der Waals surface area contributed by atoms with Gasteiger partial charge in [-0.05, 0) is 44.5 Å². The molecule has 138 valence electrons. The Hall–Kier alpha value is -1.74. The van der Waals surface area contributed by atoms with Crippen LogP contribution in [-0.4, -0.2) is 20.5 Å². The minimum Gasteiger partial charge on any atom is -0.497 e. The van der Waals surface area contributed by atoms with Gasteiger partial charge >= 0.3 is 0 Å². The fourth-order valence-corrected chi connectivity index (χ4v) is 5.98. The smallest absolute Gasteiger partial charge is 0.241 e. The minimum atomic E-state index is -3.59. The van der Waals surface area contributed by atoms with Gasteiger partial charge in [-0.25, -0.2) is 18.1 Å². The highest BCUT2D eigenvalue weighted by molar-refractivity contribution is 7.89. The molecule has 0 unspecified atom stereocenters. The molecule has 3 rings (SSSR count). The molecule has 0 saturated carbocycles. The molecule has 0 fully saturated rings. The summed E-state index contributed by atoms with van der Waals surface area (Å²) < 4.78 is 33.2. The number of ether oxygens (including phenoxy) is 1. The predicted octanol–water partition coefficient (Wildman–Crippen LogP) is 4.28. The number of sulfonamides is 1. The highest BCUT2D eigenvalue weighted by atomic mass is 32.2. The molecule has 0 amide bonds. The maximum absolute atomic E-state index is 12.7. The molecule has 0 bridgehead atoms. The zero-order valence-electron chi connectivity index (χ0n) is 15.0. The minimum absolute atomic E-state index is 0.229. The highest BCUT2D eigenvalue weighted by Crippen LogP contribution is 2.36. The zero-order chi connectivity index (χ0) is 18.9. The molecule has 8 heteroatoms. The van der Waals surface area contributed by atoms with Crippen molar-refractivity contribution in [2.45, 2.75) is 32.2 Å². The van der Waals surface area contributed by atoms with Gasteiger partial charge in [0, 0.05) is 16.3 Å². The molecule has 0 saturated heterocycles. The lowest BCUT2D eigenvalue weighted by Crippen LogP contribution is -2.23. The van der Waals surface area contributed by atoms with Crippen LogP contribution in [0, 0.1) is 20.8 Å². The molecule has 0 atom stereocenters. The van der Waals surface area contributed by atoms with Crippen molar-refractivity contribution in [1.82, 2.24) is 9.71 Å². The third-order valence-electron chi connectivity index (χ3n) is 4.03. The standard InChI is InChI=1S/C18H20N2O3S3/c1-11-12(2)25-18(20-11)16-9-17(13(3)24-16)26(21,22)19-10-14-5-7-15(23-4)8-6-14/h5-9,19H,10H2,1-4H3. The third-order valence-corrected chi connectivity index (χ3v) is 7.98. The van der Waals surface area contributed by atoms with Crippen molar-refractivity contribution in [3.8, 4) is 15.6 Å². The van der Waals surface area contributed by atoms with E-state index < -0.39 is 10.0 Å². The highest BCUT2D eigenvalue weighted by Gasteiger charge is 2.21. The number of aromatic nitrogens is 1. The first-order valence-electron chi connectivity index (χ1n) is 7.97. The SMILES string of the molecule is COc1ccc(CNS(=O)(=O)c2cc(-c3nc(C)c(C)s3)sc2C)cc1. The van der Waals surface area contributed by atoms with E-state index in [2.05, 4.69) is 9.71 Å². The molecule has 1 aromatic carbocycles. The van der Waals surface area contributed by atoms with Crippen molar-refractivity contribution in [1.29, 1.82) is 0 Å². The lowest BCUT2D eigenvalue weighted by Gasteiger charge is -2.07. The Kier molecular flexibility index (Phi) is 5.47. The fraction of sp³-hybridized carbons (Fsp3) is 0.278. The van der Waals surface area contributed by atoms with E-state index in [0.29, 0.717) is 4.90 Å². The first kappa shape index (κ1) is 19.0. The van der Waals surface area contributed by atoms with E-state index in [4.69, 9.17) is 4.74 Å². The number of benzene rings is 1. The van der Waals surface area contributed by atoms with E-state index in [1.54, 1.807) is 24.5 Å². The number of methoxy groups -OCH3 is 1. The van der Waals surface area contributed by atoms with Crippen LogP contribution < -0.4 is 9.46 Å². The molecule has 2 heterocycles. The van der Waals surface area contributed by atoms with Gasteiger partial charge in [-0.3, -0.25) is 0 Å². The number of rotatable bonds is 6. The number of hydrogen-bond acceptors (Lipinski definition) is 6. The summed E-state index contributed by atoms with van der Waals surface area (Å²) in [5.41, 5.74) is 1.85. The number of hydrogen-bond donors (Lipinski definition) is 1. The second kappa shape index (κ2) is 7.48. The van der Waals surface area contributed by atoms with E-state index in [0.717, 1.165) is 36.6 Å². The first-order chi connectivity index (χ1) is 12.3. The molecule has 26 heavy (non-hydrogen) atoms. The number of aryl methyl sites for hydroxylation is 3. The van der Waals surface area contributed by atoms with Gasteiger partial charge in [0.2, 0.25) is 10.0 Å². The van der Waals surface area contributed by atoms with Crippen LogP contribution in [0.5, 0.6) is 5.75 Å². The summed E-state index contributed by atoms with van der Waals surface area (Å²) in [7, 11) is -1.99. The quantitative estimate of drug-likeness (QED) is 0.661. The molecule has 0 aliphatic carbocycles. The van der Waals surface area contributed by atoms with Gasteiger partial charge in [0.15, 0.2) is 0 Å². The van der Waals surface area contributed by atoms with E-state index in [1.165, 1.54) is 11.3 Å². The van der Waals surface area contributed by atoms with Crippen LogP contribution in [0.2, 0.25) is 0 Å². The monoisotopic (exact) mass is 408 g/mol. The Morgan fingerprint density at radius 2 is 1.77 bits per heavy atom. The van der Waals surface area contributed by atoms with Crippen LogP contribution in [0.3, 0.4) is 0 Å². The van der Waals surface area contributed by atoms with Crippen molar-refractivity contribution in [3.05, 3.63) is 51.3 Å². The van der Waals surface area contributed by atoms with E-state index in [1.807, 2.05) is 45.0 Å². The summed E-state index contributed by atoms with van der Waals surface area (Å²) in [6.07, 6.45) is 0. The molecule has 3 aromatic rings. The van der Waals surface area contributed by atoms with Crippen molar-refractivity contribution < 1.29 is 13.2 Å². The second-order valence-corrected chi connectivity index (χ2v) is 10.1. The molecule has 0 aliphatic rings. The summed E-state index contributed by atoms with van der Waals surface area (Å²) in [5.74, 6) is 0.740. The molecule has 0 radical (unpaired) electrons. The van der Waals surface area contributed by atoms with Crippen molar-refractivity contribution in [3.63, 3.8) is 0 Å². The van der Waals surface area contributed by atoms with Crippen LogP contribution in [0.1, 0.15) is 21.0 Å². The van der Waals surface area contributed by atoms with Crippen molar-refractivity contribution in [2.75, 3.05) is 7.11 Å². The first-order valence-corrected chi connectivity index (χ1v) is 11.1. The van der Waals surface area contributed by atoms with Crippen LogP contribution in [-0.2, 0) is 16.6 Å². The van der Waals surface area contributed by atoms with E-state index in [9.17, 15) is 8.42 Å². The number of nitrogens with zero attached hydrogens (tertiary/aromatic N) is 1. The summed E-state index contributed by atoms with van der Waals surface area (Å²) in [6.45, 7) is 6.03. The average molecular weight is 409 g/mol. The lowest BCUT2D eigenvalue weighted by atomic mass is 10.2. The molecule has 2 aromatic heterocycles. The van der Waals surface area contributed by atoms with Crippen molar-refractivity contribution in [2.24, 2.45) is 0 Å². The maximum atomic E-state index is 12.7. The predicted molar refractivity (Wildman–Crippen MR) is 107 cm³/mol. The van der Waals surface area contributed by atoms with Gasteiger partial charge in [-0.2, -0.15) is 0 Å². The zero-order valence-corrected chi connectivity index (χ0v) is 17.4. The summed E-state index contributed by atoms with van der Waals surface area (Å²) in [4.78, 5) is 7.63. The largest absolute Gasteiger partial charge is 0.497 e. The van der Waals surface area contributed by atoms with Gasteiger partial charge in [0.1, 0.15) is 10.8 Å². The fourth-order valence-electron chi connectivity index (χ4n) is 2.42. The molecule has 0 spiro atoms. The maximum Gasteiger partial charge on any atom is 0.241 e. The van der Waals surface area contributed by atoms with Gasteiger partial charge in [0.25, 0.3) is 0 Å². The third kappa shape index (κ3) is 3.98. The van der Waals surface area contributed by atoms with E-state index in [-0.39, 0.29) is 6.54 Å². The molecular weight excluding hydrogens is 388 g/mol. The molecular formula is C18H20N2O3S3. The average Bonchev–Trinajstić information content (AvgIpc) is 3.17. The van der Waals surface area contributed by atoms with E-state index >= 15 is 0 Å². The Morgan fingerprint density at radius 3 is 2.35 bits per heavy atom. The van der Waals surface area contributed by atoms with Crippen LogP contribution in [0.4, 0.5) is 0 Å². The summed E-state index contributed by atoms with van der Waals surface area (Å²) in [6, 6.07) is 9.02. The molecule has 0 aliphatic heterocycles.